The van der Waals surface area contributed by atoms with Gasteiger partial charge in [0.1, 0.15) is 0 Å². The van der Waals surface area contributed by atoms with E-state index >= 15 is 0 Å². The monoisotopic (exact) mass is 1790 g/mol. The summed E-state index contributed by atoms with van der Waals surface area (Å²) in [5.74, 6) is 0. The van der Waals surface area contributed by atoms with Crippen LogP contribution in [0.4, 0.5) is 0 Å². The summed E-state index contributed by atoms with van der Waals surface area (Å²) < 4.78 is 0. The molecule has 0 bridgehead atoms. The molecular weight excluding hydrogens is 1790 g/mol. The van der Waals surface area contributed by atoms with Crippen molar-refractivity contribution >= 4 is 6.08 Å². The Bertz CT molecular complexity index is 186. The van der Waals surface area contributed by atoms with Crippen LogP contribution in [0.5, 0.6) is 0 Å². The zero-order valence-electron chi connectivity index (χ0n) is 15.4. The first kappa shape index (κ1) is 127. The number of benzene rings is 1. The zero-order valence-corrected chi connectivity index (χ0v) is 69.4. The summed E-state index contributed by atoms with van der Waals surface area (Å²) in [4.78, 5) is 0. The summed E-state index contributed by atoms with van der Waals surface area (Å²) in [5, 5.41) is 0. The number of hydrogen-bond acceptors (Lipinski definition) is 0. The summed E-state index contributed by atoms with van der Waals surface area (Å²) in [5.41, 5.74) is 0.938. The van der Waals surface area contributed by atoms with E-state index in [0.717, 1.165) is 5.56 Å². The van der Waals surface area contributed by atoms with Crippen molar-refractivity contribution in [2.45, 2.75) is 0 Å². The fraction of sp³-hybridized carbons (Fsp3) is 0. The van der Waals surface area contributed by atoms with Gasteiger partial charge in [-0.05, 0) is 0 Å². The van der Waals surface area contributed by atoms with Crippen LogP contribution in [-0.4, -0.2) is 0 Å². The molecule has 0 saturated heterocycles. The summed E-state index contributed by atoms with van der Waals surface area (Å²) in [7, 11) is 0. The first-order valence-corrected chi connectivity index (χ1v) is 2.45. The maximum Gasteiger partial charge on any atom is 0 e. The van der Waals surface area contributed by atoms with Crippen LogP contribution in [0.3, 0.4) is 0 Å². The van der Waals surface area contributed by atoms with Gasteiger partial charge in [0.05, 0.1) is 0 Å². The van der Waals surface area contributed by atoms with Crippen molar-refractivity contribution in [1.29, 1.82) is 0 Å². The van der Waals surface area contributed by atoms with E-state index in [1.54, 1.807) is 0 Å². The van der Waals surface area contributed by atoms with E-state index in [-0.39, 0.29) is 621 Å². The van der Waals surface area contributed by atoms with Crippen LogP contribution in [0.15, 0.2) is 24.3 Å². The molecule has 1 aromatic carbocycles. The van der Waals surface area contributed by atoms with Gasteiger partial charge in [-0.15, -0.1) is 6.07 Å². The van der Waals surface area contributed by atoms with E-state index in [9.17, 15) is 0 Å². The van der Waals surface area contributed by atoms with Gasteiger partial charge in [0.25, 0.3) is 0 Å². The van der Waals surface area contributed by atoms with Crippen molar-refractivity contribution in [1.82, 2.24) is 0 Å². The van der Waals surface area contributed by atoms with Crippen LogP contribution in [0, 0.1) is 12.6 Å². The smallest absolute Gasteiger partial charge is 0 e. The Hall–Kier alpha value is 19.9. The van der Waals surface area contributed by atoms with Crippen LogP contribution >= 0.6 is 0 Å². The first-order chi connectivity index (χ1) is 3.93. The van der Waals surface area contributed by atoms with Gasteiger partial charge in [0, 0.05) is 621 Å². The maximum absolute atomic E-state index is 5.19. The van der Waals surface area contributed by atoms with Gasteiger partial charge in [-0.1, -0.05) is 0 Å². The molecule has 0 heterocycles. The molecule has 0 atom stereocenters. The van der Waals surface area contributed by atoms with Gasteiger partial charge in [-0.2, -0.15) is 12.1 Å². The molecular formula is C8H6Y19-2. The summed E-state index contributed by atoms with van der Waals surface area (Å²) in [6.45, 7) is 5.19. The van der Waals surface area contributed by atoms with Gasteiger partial charge in [-0.25, -0.2) is 12.1 Å². The Kier molecular flexibility index (Phi) is 521. The fourth-order valence-corrected chi connectivity index (χ4v) is 0.511. The second kappa shape index (κ2) is 111. The Morgan fingerprint density at radius 3 is 0.852 bits per heavy atom. The van der Waals surface area contributed by atoms with Crippen LogP contribution in [0.2, 0.25) is 0 Å². The third-order valence-corrected chi connectivity index (χ3v) is 0.913. The first-order valence-electron chi connectivity index (χ1n) is 2.45. The quantitative estimate of drug-likeness (QED) is 0.378. The Morgan fingerprint density at radius 1 is 0.481 bits per heavy atom. The molecule has 27 heavy (non-hydrogen) atoms. The summed E-state index contributed by atoms with van der Waals surface area (Å²) in [6, 6.07) is 10.5. The van der Waals surface area contributed by atoms with Crippen molar-refractivity contribution in [3.05, 3.63) is 42.5 Å². The average molecular weight is 1790 g/mol. The van der Waals surface area contributed by atoms with Crippen molar-refractivity contribution in [2.75, 3.05) is 0 Å². The molecule has 97 valence electrons. The van der Waals surface area contributed by atoms with Gasteiger partial charge in [0.2, 0.25) is 0 Å². The molecule has 0 saturated carbocycles. The molecule has 0 unspecified atom stereocenters. The second-order valence-electron chi connectivity index (χ2n) is 1.48. The molecule has 0 nitrogen and oxygen atoms in total. The molecule has 0 aromatic heterocycles. The fourth-order valence-electron chi connectivity index (χ4n) is 0.511. The van der Waals surface area contributed by atoms with Crippen LogP contribution in [-0.2, 0) is 621 Å². The summed E-state index contributed by atoms with van der Waals surface area (Å²) >= 11 is 0. The van der Waals surface area contributed by atoms with Crippen molar-refractivity contribution in [2.24, 2.45) is 0 Å². The molecule has 0 aliphatic heterocycles. The normalized spacial score (nSPS) is 2.52. The number of hydrogen-bond donors (Lipinski definition) is 0. The van der Waals surface area contributed by atoms with Gasteiger partial charge < -0.3 is 18.2 Å². The van der Waals surface area contributed by atoms with Crippen molar-refractivity contribution in [3.63, 3.8) is 0 Å². The Morgan fingerprint density at radius 2 is 0.741 bits per heavy atom. The summed E-state index contributed by atoms with van der Waals surface area (Å²) in [6.07, 6.45) is 1.53. The molecule has 1 aromatic rings. The zero-order chi connectivity index (χ0) is 5.82. The van der Waals surface area contributed by atoms with E-state index in [1.165, 1.54) is 6.08 Å². The molecule has 0 N–H and O–H groups in total. The third-order valence-electron chi connectivity index (χ3n) is 0.913. The minimum Gasteiger partial charge on any atom is -0.344 e. The largest absolute Gasteiger partial charge is 0.344 e. The van der Waals surface area contributed by atoms with Crippen LogP contribution in [0.1, 0.15) is 5.56 Å². The molecule has 0 aliphatic rings. The standard InChI is InChI=1S/C8H6.19Y/c1-2-8-6-4-3-5-7-8;;;;;;;;;;;;;;;;;;;/h1-6H;;;;;;;;;;;;;;;;;;;/q-2;;;;;;;;;;;;;;;;;;;. The maximum atomic E-state index is 5.19. The molecule has 0 amide bonds. The van der Waals surface area contributed by atoms with Crippen LogP contribution < -0.4 is 0 Å². The molecule has 0 spiro atoms. The minimum atomic E-state index is 0. The van der Waals surface area contributed by atoms with Crippen LogP contribution in [0.25, 0.3) is 6.08 Å². The molecule has 0 aliphatic carbocycles. The Labute approximate surface area is 646 Å². The molecule has 19 heteroatoms. The van der Waals surface area contributed by atoms with E-state index in [4.69, 9.17) is 6.58 Å². The van der Waals surface area contributed by atoms with Crippen molar-refractivity contribution < 1.29 is 621 Å². The van der Waals surface area contributed by atoms with E-state index < -0.39 is 0 Å². The predicted molar refractivity (Wildman–Crippen MR) is 34.0 cm³/mol. The van der Waals surface area contributed by atoms with E-state index in [0.29, 0.717) is 0 Å². The Balaban J connectivity index is -0.00000000198. The van der Waals surface area contributed by atoms with Gasteiger partial charge >= 0.3 is 0 Å². The second-order valence-corrected chi connectivity index (χ2v) is 1.48. The minimum absolute atomic E-state index is 0. The molecule has 0 fully saturated rings. The number of rotatable bonds is 1. The molecule has 19 radical (unpaired) electrons. The third kappa shape index (κ3) is 98.9. The van der Waals surface area contributed by atoms with E-state index in [2.05, 4.69) is 6.07 Å². The van der Waals surface area contributed by atoms with E-state index in [1.807, 2.05) is 24.3 Å². The predicted octanol–water partition coefficient (Wildman–Crippen LogP) is 1.89. The SMILES string of the molecule is [CH-]=Cc1[c-]cccc1.[Y].[Y].[Y].[Y].[Y].[Y].[Y].[Y].[Y].[Y].[Y].[Y].[Y].[Y].[Y].[Y].[Y].[Y].[Y]. The van der Waals surface area contributed by atoms with Gasteiger partial charge in [-0.3, -0.25) is 0 Å². The average Bonchev–Trinajstić information content (AvgIpc) is 1.90. The topological polar surface area (TPSA) is 0 Å². The van der Waals surface area contributed by atoms with Gasteiger partial charge in [0.15, 0.2) is 0 Å². The van der Waals surface area contributed by atoms with Crippen molar-refractivity contribution in [3.8, 4) is 0 Å². The molecule has 1 rings (SSSR count).